The van der Waals surface area contributed by atoms with E-state index in [9.17, 15) is 19.7 Å². The summed E-state index contributed by atoms with van der Waals surface area (Å²) in [5.74, 6) is -0.403. The van der Waals surface area contributed by atoms with Gasteiger partial charge in [0.05, 0.1) is 15.8 Å². The van der Waals surface area contributed by atoms with E-state index in [0.29, 0.717) is 23.0 Å². The van der Waals surface area contributed by atoms with Gasteiger partial charge in [-0.05, 0) is 32.0 Å². The summed E-state index contributed by atoms with van der Waals surface area (Å²) in [5.41, 5.74) is 5.77. The third kappa shape index (κ3) is 3.47. The Bertz CT molecular complexity index is 1110. The molecule has 3 rings (SSSR count). The van der Waals surface area contributed by atoms with E-state index in [2.05, 4.69) is 15.8 Å². The fourth-order valence-corrected chi connectivity index (χ4v) is 2.69. The normalized spacial score (nSPS) is 10.6. The number of fused-ring (bicyclic) bond motifs is 1. The van der Waals surface area contributed by atoms with Crippen LogP contribution in [0.15, 0.2) is 47.3 Å². The van der Waals surface area contributed by atoms with Gasteiger partial charge in [-0.15, -0.1) is 0 Å². The third-order valence-corrected chi connectivity index (χ3v) is 4.13. The highest BCUT2D eigenvalue weighted by atomic mass is 16.6. The van der Waals surface area contributed by atoms with Gasteiger partial charge in [-0.25, -0.2) is 4.98 Å². The summed E-state index contributed by atoms with van der Waals surface area (Å²) in [7, 11) is 0. The second kappa shape index (κ2) is 7.24. The van der Waals surface area contributed by atoms with Crippen molar-refractivity contribution in [2.24, 2.45) is 0 Å². The van der Waals surface area contributed by atoms with Crippen LogP contribution in [0.5, 0.6) is 0 Å². The predicted octanol–water partition coefficient (Wildman–Crippen LogP) is 2.39. The van der Waals surface area contributed by atoms with E-state index in [1.54, 1.807) is 38.1 Å². The van der Waals surface area contributed by atoms with E-state index in [1.807, 2.05) is 0 Å². The van der Waals surface area contributed by atoms with Crippen molar-refractivity contribution in [3.8, 4) is 0 Å². The first-order chi connectivity index (χ1) is 12.9. The maximum absolute atomic E-state index is 12.5. The molecule has 1 amide bonds. The highest BCUT2D eigenvalue weighted by Crippen LogP contribution is 2.19. The molecule has 2 aromatic carbocycles. The molecule has 0 saturated heterocycles. The van der Waals surface area contributed by atoms with Gasteiger partial charge >= 0.3 is 0 Å². The molecule has 138 valence electrons. The molecule has 0 unspecified atom stereocenters. The number of anilines is 1. The molecule has 1 aromatic heterocycles. The monoisotopic (exact) mass is 367 g/mol. The number of rotatable bonds is 5. The fraction of sp³-hybridized carbons (Fsp3) is 0.167. The van der Waals surface area contributed by atoms with Gasteiger partial charge in [0.15, 0.2) is 0 Å². The number of benzene rings is 2. The lowest BCUT2D eigenvalue weighted by molar-refractivity contribution is -0.385. The van der Waals surface area contributed by atoms with Crippen LogP contribution < -0.4 is 16.4 Å². The van der Waals surface area contributed by atoms with Gasteiger partial charge in [0.25, 0.3) is 17.2 Å². The predicted molar refractivity (Wildman–Crippen MR) is 101 cm³/mol. The number of nitro benzene ring substituents is 1. The fourth-order valence-electron chi connectivity index (χ4n) is 2.69. The van der Waals surface area contributed by atoms with Crippen LogP contribution in [-0.4, -0.2) is 20.4 Å². The van der Waals surface area contributed by atoms with Crippen LogP contribution in [0, 0.1) is 17.0 Å². The number of hydrogen-bond donors (Lipinski definition) is 2. The maximum Gasteiger partial charge on any atom is 0.273 e. The topological polar surface area (TPSA) is 119 Å². The maximum atomic E-state index is 12.5. The number of hydrazine groups is 1. The quantitative estimate of drug-likeness (QED) is 0.528. The molecule has 0 aliphatic heterocycles. The van der Waals surface area contributed by atoms with Gasteiger partial charge in [0.1, 0.15) is 0 Å². The lowest BCUT2D eigenvalue weighted by Gasteiger charge is -2.14. The van der Waals surface area contributed by atoms with Crippen molar-refractivity contribution in [1.82, 2.24) is 15.0 Å². The number of aryl methyl sites for hydroxylation is 1. The van der Waals surface area contributed by atoms with Gasteiger partial charge < -0.3 is 0 Å². The highest BCUT2D eigenvalue weighted by Gasteiger charge is 2.16. The van der Waals surface area contributed by atoms with E-state index in [0.717, 1.165) is 0 Å². The summed E-state index contributed by atoms with van der Waals surface area (Å²) in [5, 5.41) is 11.5. The Morgan fingerprint density at radius 1 is 1.26 bits per heavy atom. The molecule has 0 spiro atoms. The van der Waals surface area contributed by atoms with Crippen molar-refractivity contribution in [2.45, 2.75) is 20.4 Å². The van der Waals surface area contributed by atoms with Gasteiger partial charge in [-0.3, -0.25) is 35.1 Å². The van der Waals surface area contributed by atoms with Gasteiger partial charge in [0, 0.05) is 23.7 Å². The Morgan fingerprint density at radius 2 is 2.00 bits per heavy atom. The number of carbonyl (C=O) groups excluding carboxylic acids is 1. The molecule has 3 aromatic rings. The van der Waals surface area contributed by atoms with Crippen molar-refractivity contribution in [2.75, 3.05) is 5.43 Å². The number of amides is 1. The van der Waals surface area contributed by atoms with Crippen molar-refractivity contribution in [3.05, 3.63) is 74.1 Å². The number of para-hydroxylation sites is 1. The molecular weight excluding hydrogens is 350 g/mol. The summed E-state index contributed by atoms with van der Waals surface area (Å²) < 4.78 is 1.39. The second-order valence-corrected chi connectivity index (χ2v) is 5.84. The molecule has 27 heavy (non-hydrogen) atoms. The average Bonchev–Trinajstić information content (AvgIpc) is 2.66. The first kappa shape index (κ1) is 18.1. The van der Waals surface area contributed by atoms with Crippen LogP contribution in [0.3, 0.4) is 0 Å². The molecule has 0 bridgehead atoms. The van der Waals surface area contributed by atoms with Gasteiger partial charge in [0.2, 0.25) is 5.95 Å². The smallest absolute Gasteiger partial charge is 0.273 e. The first-order valence-corrected chi connectivity index (χ1v) is 8.23. The van der Waals surface area contributed by atoms with E-state index in [1.165, 1.54) is 22.8 Å². The Labute approximate surface area is 153 Å². The molecule has 0 saturated carbocycles. The third-order valence-electron chi connectivity index (χ3n) is 4.13. The van der Waals surface area contributed by atoms with E-state index in [4.69, 9.17) is 0 Å². The van der Waals surface area contributed by atoms with Crippen molar-refractivity contribution in [1.29, 1.82) is 0 Å². The standard InChI is InChI=1S/C18H17N5O4/c1-3-22-17(25)13-6-4-5-7-14(13)19-18(22)21-20-16(24)12-9-8-11(2)15(10-12)23(26)27/h4-10H,3H2,1-2H3,(H,19,21)(H,20,24). The summed E-state index contributed by atoms with van der Waals surface area (Å²) in [6.07, 6.45) is 0. The van der Waals surface area contributed by atoms with Crippen LogP contribution >= 0.6 is 0 Å². The van der Waals surface area contributed by atoms with Crippen LogP contribution in [0.1, 0.15) is 22.8 Å². The summed E-state index contributed by atoms with van der Waals surface area (Å²) in [6.45, 7) is 3.73. The van der Waals surface area contributed by atoms with Gasteiger partial charge in [-0.1, -0.05) is 18.2 Å². The van der Waals surface area contributed by atoms with E-state index < -0.39 is 10.8 Å². The molecule has 0 aliphatic carbocycles. The largest absolute Gasteiger partial charge is 0.277 e. The zero-order valence-corrected chi connectivity index (χ0v) is 14.7. The Kier molecular flexibility index (Phi) is 4.84. The average molecular weight is 367 g/mol. The highest BCUT2D eigenvalue weighted by molar-refractivity contribution is 5.95. The zero-order valence-electron chi connectivity index (χ0n) is 14.7. The van der Waals surface area contributed by atoms with Gasteiger partial charge in [-0.2, -0.15) is 0 Å². The lowest BCUT2D eigenvalue weighted by Crippen LogP contribution is -2.34. The minimum Gasteiger partial charge on any atom is -0.277 e. The van der Waals surface area contributed by atoms with E-state index in [-0.39, 0.29) is 22.8 Å². The molecule has 0 aliphatic rings. The van der Waals surface area contributed by atoms with Crippen LogP contribution in [-0.2, 0) is 6.54 Å². The number of nitrogens with zero attached hydrogens (tertiary/aromatic N) is 3. The molecule has 9 heteroatoms. The molecule has 9 nitrogen and oxygen atoms in total. The number of hydrogen-bond acceptors (Lipinski definition) is 6. The molecule has 0 fully saturated rings. The van der Waals surface area contributed by atoms with Crippen LogP contribution in [0.25, 0.3) is 10.9 Å². The second-order valence-electron chi connectivity index (χ2n) is 5.84. The SMILES string of the molecule is CCn1c(NNC(=O)c2ccc(C)c([N+](=O)[O-])c2)nc2ccccc2c1=O. The Balaban J connectivity index is 1.89. The molecule has 2 N–H and O–H groups in total. The van der Waals surface area contributed by atoms with Crippen molar-refractivity contribution < 1.29 is 9.72 Å². The lowest BCUT2D eigenvalue weighted by atomic mass is 10.1. The summed E-state index contributed by atoms with van der Waals surface area (Å²) >= 11 is 0. The zero-order chi connectivity index (χ0) is 19.6. The number of carbonyl (C=O) groups is 1. The molecule has 0 atom stereocenters. The Hall–Kier alpha value is -3.75. The number of aromatic nitrogens is 2. The first-order valence-electron chi connectivity index (χ1n) is 8.23. The summed E-state index contributed by atoms with van der Waals surface area (Å²) in [6, 6.07) is 11.1. The van der Waals surface area contributed by atoms with Crippen molar-refractivity contribution in [3.63, 3.8) is 0 Å². The number of nitrogens with one attached hydrogen (secondary N) is 2. The summed E-state index contributed by atoms with van der Waals surface area (Å²) in [4.78, 5) is 39.7. The van der Waals surface area contributed by atoms with E-state index >= 15 is 0 Å². The molecule has 1 heterocycles. The van der Waals surface area contributed by atoms with Crippen molar-refractivity contribution >= 4 is 28.4 Å². The number of nitro groups is 1. The Morgan fingerprint density at radius 3 is 2.70 bits per heavy atom. The molecule has 0 radical (unpaired) electrons. The molecular formula is C18H17N5O4. The minimum absolute atomic E-state index is 0.117. The minimum atomic E-state index is -0.580. The van der Waals surface area contributed by atoms with Crippen LogP contribution in [0.2, 0.25) is 0 Å². The van der Waals surface area contributed by atoms with Crippen LogP contribution in [0.4, 0.5) is 11.6 Å².